The Bertz CT molecular complexity index is 1430. The van der Waals surface area contributed by atoms with E-state index in [1.54, 1.807) is 46.1 Å². The Labute approximate surface area is 280 Å². The highest BCUT2D eigenvalue weighted by Gasteiger charge is 2.31. The molecule has 14 nitrogen and oxygen atoms in total. The zero-order valence-corrected chi connectivity index (χ0v) is 28.1. The number of nitrogens with one attached hydrogen (secondary N) is 5. The van der Waals surface area contributed by atoms with Crippen LogP contribution < -0.4 is 40.8 Å². The van der Waals surface area contributed by atoms with E-state index < -0.39 is 66.7 Å². The van der Waals surface area contributed by atoms with Crippen molar-refractivity contribution in [2.45, 2.75) is 71.1 Å². The van der Waals surface area contributed by atoms with Crippen molar-refractivity contribution in [2.24, 2.45) is 5.92 Å². The number of methoxy groups -OCH3 is 1. The first kappa shape index (κ1) is 37.6. The Morgan fingerprint density at radius 1 is 1.02 bits per heavy atom. The van der Waals surface area contributed by atoms with Crippen LogP contribution in [0.15, 0.2) is 42.5 Å². The van der Waals surface area contributed by atoms with E-state index in [4.69, 9.17) is 14.2 Å². The molecule has 1 aliphatic heterocycles. The fraction of sp³-hybridized carbons (Fsp3) is 0.500. The first-order chi connectivity index (χ1) is 23.0. The number of benzene rings is 2. The number of fused-ring (bicyclic) bond motifs is 1. The molecule has 0 fully saturated rings. The number of rotatable bonds is 10. The van der Waals surface area contributed by atoms with Gasteiger partial charge >= 0.3 is 0 Å². The van der Waals surface area contributed by atoms with Crippen LogP contribution in [0.1, 0.15) is 56.5 Å². The Kier molecular flexibility index (Phi) is 14.5. The van der Waals surface area contributed by atoms with Crippen LogP contribution in [0.5, 0.6) is 17.2 Å². The fourth-order valence-corrected chi connectivity index (χ4v) is 5.01. The monoisotopic (exact) mass is 669 g/mol. The van der Waals surface area contributed by atoms with E-state index in [1.165, 1.54) is 6.07 Å². The number of carbonyl (C=O) groups is 5. The summed E-state index contributed by atoms with van der Waals surface area (Å²) in [7, 11) is 1.56. The third-order valence-corrected chi connectivity index (χ3v) is 7.57. The van der Waals surface area contributed by atoms with Gasteiger partial charge in [0.25, 0.3) is 5.91 Å². The maximum atomic E-state index is 13.4. The van der Waals surface area contributed by atoms with Crippen molar-refractivity contribution >= 4 is 29.5 Å². The zero-order chi connectivity index (χ0) is 35.2. The summed E-state index contributed by atoms with van der Waals surface area (Å²) in [4.78, 5) is 66.0. The van der Waals surface area contributed by atoms with Gasteiger partial charge in [0, 0.05) is 6.54 Å². The van der Waals surface area contributed by atoms with Gasteiger partial charge in [-0.05, 0) is 62.4 Å². The summed E-state index contributed by atoms with van der Waals surface area (Å²) < 4.78 is 16.8. The SMILES string of the molecule is CCOc1ccc(CCCNC(=O)[C@@H]2CC(=O)N[C@@H](CO)C(=O)N[C@H](C(C)C)C(=O)N[C@@H](C)COc3ccccc3C(=O)N2)cc1OC. The number of ether oxygens (including phenoxy) is 3. The van der Waals surface area contributed by atoms with Crippen LogP contribution in [0.2, 0.25) is 0 Å². The molecule has 2 aromatic rings. The molecule has 0 radical (unpaired) electrons. The number of amides is 5. The quantitative estimate of drug-likeness (QED) is 0.199. The maximum Gasteiger partial charge on any atom is 0.255 e. The first-order valence-corrected chi connectivity index (χ1v) is 16.1. The van der Waals surface area contributed by atoms with E-state index in [9.17, 15) is 29.1 Å². The molecular weight excluding hydrogens is 622 g/mol. The molecule has 0 bridgehead atoms. The lowest BCUT2D eigenvalue weighted by molar-refractivity contribution is -0.134. The van der Waals surface area contributed by atoms with Gasteiger partial charge in [-0.25, -0.2) is 0 Å². The first-order valence-electron chi connectivity index (χ1n) is 16.1. The highest BCUT2D eigenvalue weighted by molar-refractivity contribution is 6.01. The Morgan fingerprint density at radius 3 is 2.46 bits per heavy atom. The number of aliphatic hydroxyl groups excluding tert-OH is 1. The second-order valence-corrected chi connectivity index (χ2v) is 11.8. The minimum absolute atomic E-state index is 0.00174. The van der Waals surface area contributed by atoms with E-state index in [0.717, 1.165) is 5.56 Å². The molecule has 3 rings (SSSR count). The van der Waals surface area contributed by atoms with E-state index >= 15 is 0 Å². The van der Waals surface area contributed by atoms with Crippen LogP contribution in [0.3, 0.4) is 0 Å². The van der Waals surface area contributed by atoms with Gasteiger partial charge < -0.3 is 45.9 Å². The summed E-state index contributed by atoms with van der Waals surface area (Å²) >= 11 is 0. The summed E-state index contributed by atoms with van der Waals surface area (Å²) in [6, 6.07) is 7.77. The van der Waals surface area contributed by atoms with Gasteiger partial charge in [-0.3, -0.25) is 24.0 Å². The summed E-state index contributed by atoms with van der Waals surface area (Å²) in [6.07, 6.45) is 0.610. The average molecular weight is 670 g/mol. The van der Waals surface area contributed by atoms with Crippen LogP contribution in [0.25, 0.3) is 0 Å². The van der Waals surface area contributed by atoms with Gasteiger partial charge in [-0.2, -0.15) is 0 Å². The molecule has 0 aromatic heterocycles. The molecule has 48 heavy (non-hydrogen) atoms. The van der Waals surface area contributed by atoms with E-state index in [1.807, 2.05) is 25.1 Å². The van der Waals surface area contributed by atoms with E-state index in [2.05, 4.69) is 26.6 Å². The number of hydrogen-bond acceptors (Lipinski definition) is 9. The van der Waals surface area contributed by atoms with E-state index in [-0.39, 0.29) is 30.4 Å². The molecule has 5 amide bonds. The number of carbonyl (C=O) groups excluding carboxylic acids is 5. The summed E-state index contributed by atoms with van der Waals surface area (Å²) in [5, 5.41) is 23.1. The van der Waals surface area contributed by atoms with Crippen LogP contribution in [-0.2, 0) is 25.6 Å². The molecule has 1 aliphatic rings. The van der Waals surface area contributed by atoms with Crippen LogP contribution in [0, 0.1) is 5.92 Å². The molecule has 1 heterocycles. The second-order valence-electron chi connectivity index (χ2n) is 11.8. The molecule has 6 N–H and O–H groups in total. The topological polar surface area (TPSA) is 193 Å². The third kappa shape index (κ3) is 10.9. The molecule has 2 aromatic carbocycles. The van der Waals surface area contributed by atoms with Crippen molar-refractivity contribution in [3.63, 3.8) is 0 Å². The predicted molar refractivity (Wildman–Crippen MR) is 177 cm³/mol. The number of para-hydroxylation sites is 1. The van der Waals surface area contributed by atoms with Gasteiger partial charge in [0.1, 0.15) is 30.5 Å². The summed E-state index contributed by atoms with van der Waals surface area (Å²) in [6.45, 7) is 7.04. The average Bonchev–Trinajstić information content (AvgIpc) is 3.06. The van der Waals surface area contributed by atoms with E-state index in [0.29, 0.717) is 30.9 Å². The van der Waals surface area contributed by atoms with Crippen molar-refractivity contribution < 1.29 is 43.3 Å². The Hall–Kier alpha value is -4.85. The van der Waals surface area contributed by atoms with Crippen molar-refractivity contribution in [1.29, 1.82) is 0 Å². The summed E-state index contributed by atoms with van der Waals surface area (Å²) in [5.41, 5.74) is 1.08. The number of aliphatic hydroxyl groups is 1. The van der Waals surface area contributed by atoms with Gasteiger partial charge in [0.05, 0.1) is 38.3 Å². The lowest BCUT2D eigenvalue weighted by Gasteiger charge is -2.26. The summed E-state index contributed by atoms with van der Waals surface area (Å²) in [5.74, 6) is -2.21. The molecule has 4 atom stereocenters. The van der Waals surface area contributed by atoms with Gasteiger partial charge in [-0.1, -0.05) is 32.0 Å². The third-order valence-electron chi connectivity index (χ3n) is 7.57. The van der Waals surface area contributed by atoms with Crippen LogP contribution in [0.4, 0.5) is 0 Å². The van der Waals surface area contributed by atoms with Crippen LogP contribution >= 0.6 is 0 Å². The van der Waals surface area contributed by atoms with Crippen LogP contribution in [-0.4, -0.2) is 92.3 Å². The van der Waals surface area contributed by atoms with Gasteiger partial charge in [0.2, 0.25) is 23.6 Å². The number of hydrogen-bond donors (Lipinski definition) is 6. The second kappa shape index (κ2) is 18.5. The standard InChI is InChI=1S/C34H47N5O9/c1-6-47-27-14-13-22(16-28(27)46-5)10-9-15-35-32(43)24-17-29(41)37-25(18-40)33(44)39-30(20(2)3)34(45)36-21(4)19-48-26-12-8-7-11-23(26)31(42)38-24/h7-8,11-14,16,20-21,24-25,30,40H,6,9-10,15,17-19H2,1-5H3,(H,35,43)(H,36,45)(H,37,41)(H,38,42)(H,39,44)/t21-,24-,25-,30+/m0/s1. The van der Waals surface area contributed by atoms with Crippen molar-refractivity contribution in [3.05, 3.63) is 53.6 Å². The highest BCUT2D eigenvalue weighted by Crippen LogP contribution is 2.28. The van der Waals surface area contributed by atoms with Gasteiger partial charge in [-0.15, -0.1) is 0 Å². The highest BCUT2D eigenvalue weighted by atomic mass is 16.5. The Morgan fingerprint density at radius 2 is 1.77 bits per heavy atom. The lowest BCUT2D eigenvalue weighted by atomic mass is 10.0. The smallest absolute Gasteiger partial charge is 0.255 e. The fourth-order valence-electron chi connectivity index (χ4n) is 5.01. The van der Waals surface area contributed by atoms with Crippen molar-refractivity contribution in [1.82, 2.24) is 26.6 Å². The minimum atomic E-state index is -1.41. The molecule has 14 heteroatoms. The number of aryl methyl sites for hydroxylation is 1. The molecular formula is C34H47N5O9. The van der Waals surface area contributed by atoms with Crippen molar-refractivity contribution in [2.75, 3.05) is 33.5 Å². The van der Waals surface area contributed by atoms with Crippen molar-refractivity contribution in [3.8, 4) is 17.2 Å². The molecule has 0 saturated carbocycles. The maximum absolute atomic E-state index is 13.4. The molecule has 0 aliphatic carbocycles. The lowest BCUT2D eigenvalue weighted by Crippen LogP contribution is -2.58. The zero-order valence-electron chi connectivity index (χ0n) is 28.1. The van der Waals surface area contributed by atoms with Gasteiger partial charge in [0.15, 0.2) is 11.5 Å². The molecule has 0 saturated heterocycles. The Balaban J connectivity index is 1.80. The molecule has 0 spiro atoms. The predicted octanol–water partition coefficient (Wildman–Crippen LogP) is 0.846. The molecule has 0 unspecified atom stereocenters. The minimum Gasteiger partial charge on any atom is -0.493 e. The normalized spacial score (nSPS) is 21.0. The molecule has 262 valence electrons. The largest absolute Gasteiger partial charge is 0.493 e.